The van der Waals surface area contributed by atoms with Crippen LogP contribution in [0.25, 0.3) is 0 Å². The first kappa shape index (κ1) is 16.8. The summed E-state index contributed by atoms with van der Waals surface area (Å²) in [6.07, 6.45) is 12.8. The van der Waals surface area contributed by atoms with Gasteiger partial charge in [0.25, 0.3) is 0 Å². The number of hydrogen-bond acceptors (Lipinski definition) is 1. The Hall–Kier alpha value is -0.560. The molecule has 3 atom stereocenters. The lowest BCUT2D eigenvalue weighted by atomic mass is 9.54. The molecule has 120 valence electrons. The van der Waals surface area contributed by atoms with Gasteiger partial charge in [0, 0.05) is 0 Å². The molecule has 1 heteroatoms. The summed E-state index contributed by atoms with van der Waals surface area (Å²) in [6, 6.07) is 0. The van der Waals surface area contributed by atoms with Crippen molar-refractivity contribution in [2.75, 3.05) is 0 Å². The Kier molecular flexibility index (Phi) is 5.03. The van der Waals surface area contributed by atoms with Crippen LogP contribution in [0.15, 0.2) is 23.3 Å². The number of rotatable bonds is 0. The zero-order valence-electron chi connectivity index (χ0n) is 14.7. The zero-order valence-corrected chi connectivity index (χ0v) is 14.7. The smallest absolute Gasteiger partial charge is 0.0653 e. The van der Waals surface area contributed by atoms with Crippen LogP contribution in [-0.2, 0) is 0 Å². The molecule has 1 nitrogen and oxygen atoms in total. The predicted octanol–water partition coefficient (Wildman–Crippen LogP) is 5.65. The van der Waals surface area contributed by atoms with E-state index in [2.05, 4.69) is 46.8 Å². The fourth-order valence-electron chi connectivity index (χ4n) is 4.67. The second-order valence-electron chi connectivity index (χ2n) is 8.38. The summed E-state index contributed by atoms with van der Waals surface area (Å²) in [7, 11) is 0. The summed E-state index contributed by atoms with van der Waals surface area (Å²) >= 11 is 0. The van der Waals surface area contributed by atoms with E-state index in [0.717, 1.165) is 25.7 Å². The molecule has 0 saturated heterocycles. The fourth-order valence-corrected chi connectivity index (χ4v) is 4.67. The first-order chi connectivity index (χ1) is 9.73. The highest BCUT2D eigenvalue weighted by atomic mass is 16.3. The quantitative estimate of drug-likeness (QED) is 0.572. The van der Waals surface area contributed by atoms with Crippen molar-refractivity contribution >= 4 is 0 Å². The molecule has 0 aliphatic heterocycles. The fraction of sp³-hybridized carbons (Fsp3) is 0.800. The minimum absolute atomic E-state index is 0.220. The molecule has 0 aromatic carbocycles. The monoisotopic (exact) mass is 290 g/mol. The number of aliphatic hydroxyl groups is 1. The van der Waals surface area contributed by atoms with Crippen molar-refractivity contribution in [3.63, 3.8) is 0 Å². The van der Waals surface area contributed by atoms with Crippen molar-refractivity contribution in [1.29, 1.82) is 0 Å². The molecule has 0 unspecified atom stereocenters. The Morgan fingerprint density at radius 3 is 2.38 bits per heavy atom. The van der Waals surface area contributed by atoms with Gasteiger partial charge in [-0.1, -0.05) is 37.1 Å². The van der Waals surface area contributed by atoms with Crippen LogP contribution in [0.3, 0.4) is 0 Å². The van der Waals surface area contributed by atoms with Gasteiger partial charge in [0.05, 0.1) is 5.60 Å². The van der Waals surface area contributed by atoms with Crippen molar-refractivity contribution in [3.8, 4) is 0 Å². The van der Waals surface area contributed by atoms with Gasteiger partial charge in [-0.2, -0.15) is 0 Å². The van der Waals surface area contributed by atoms with Gasteiger partial charge in [-0.25, -0.2) is 0 Å². The minimum atomic E-state index is -0.497. The largest absolute Gasteiger partial charge is 0.390 e. The van der Waals surface area contributed by atoms with Gasteiger partial charge in [-0.3, -0.25) is 0 Å². The van der Waals surface area contributed by atoms with Crippen LogP contribution in [0, 0.1) is 17.3 Å². The van der Waals surface area contributed by atoms with Crippen LogP contribution in [0.1, 0.15) is 79.6 Å². The van der Waals surface area contributed by atoms with E-state index in [1.165, 1.54) is 30.4 Å². The van der Waals surface area contributed by atoms with Gasteiger partial charge in [-0.15, -0.1) is 0 Å². The van der Waals surface area contributed by atoms with Gasteiger partial charge >= 0.3 is 0 Å². The van der Waals surface area contributed by atoms with E-state index in [9.17, 15) is 5.11 Å². The maximum absolute atomic E-state index is 10.9. The van der Waals surface area contributed by atoms with E-state index in [0.29, 0.717) is 11.8 Å². The number of fused-ring (bicyclic) bond motifs is 2. The Bertz CT molecular complexity index is 425. The number of hydrogen-bond donors (Lipinski definition) is 1. The molecule has 0 radical (unpaired) electrons. The summed E-state index contributed by atoms with van der Waals surface area (Å²) in [4.78, 5) is 0. The van der Waals surface area contributed by atoms with E-state index in [1.807, 2.05) is 0 Å². The second-order valence-corrected chi connectivity index (χ2v) is 8.38. The van der Waals surface area contributed by atoms with Crippen molar-refractivity contribution in [2.24, 2.45) is 17.3 Å². The number of allylic oxidation sites excluding steroid dienone is 4. The third kappa shape index (κ3) is 3.80. The van der Waals surface area contributed by atoms with Gasteiger partial charge < -0.3 is 5.11 Å². The lowest BCUT2D eigenvalue weighted by Crippen LogP contribution is -2.51. The summed E-state index contributed by atoms with van der Waals surface area (Å²) in [6.45, 7) is 11.4. The normalized spacial score (nSPS) is 42.8. The molecule has 0 aromatic rings. The second kappa shape index (κ2) is 6.28. The van der Waals surface area contributed by atoms with E-state index in [4.69, 9.17) is 0 Å². The molecule has 0 spiro atoms. The van der Waals surface area contributed by atoms with E-state index >= 15 is 0 Å². The van der Waals surface area contributed by atoms with Crippen molar-refractivity contribution in [2.45, 2.75) is 85.2 Å². The topological polar surface area (TPSA) is 20.2 Å². The summed E-state index contributed by atoms with van der Waals surface area (Å²) in [5.41, 5.74) is 2.75. The summed E-state index contributed by atoms with van der Waals surface area (Å²) < 4.78 is 0. The molecular formula is C20H34O. The van der Waals surface area contributed by atoms with Crippen molar-refractivity contribution < 1.29 is 5.11 Å². The minimum Gasteiger partial charge on any atom is -0.390 e. The van der Waals surface area contributed by atoms with Gasteiger partial charge in [0.15, 0.2) is 0 Å². The summed E-state index contributed by atoms with van der Waals surface area (Å²) in [5.74, 6) is 1.11. The molecule has 1 fully saturated rings. The van der Waals surface area contributed by atoms with Crippen molar-refractivity contribution in [1.82, 2.24) is 0 Å². The lowest BCUT2D eigenvalue weighted by molar-refractivity contribution is -0.118. The molecule has 1 N–H and O–H groups in total. The average molecular weight is 290 g/mol. The molecule has 2 aliphatic rings. The maximum atomic E-state index is 10.9. The molecule has 2 aliphatic carbocycles. The van der Waals surface area contributed by atoms with E-state index in [1.54, 1.807) is 0 Å². The zero-order chi connectivity index (χ0) is 15.7. The van der Waals surface area contributed by atoms with Crippen LogP contribution >= 0.6 is 0 Å². The lowest BCUT2D eigenvalue weighted by Gasteiger charge is -2.53. The standard InChI is InChI=1S/C20H34O/c1-15-7-6-8-16(2)10-12-18-19(3,4)17(11-9-15)13-14-20(18,5)21/h8-9,17-18,21H,6-7,10-14H2,1-5H3/b15-9+,16-8+/t17-,18-,20+/m1/s1. The molecule has 0 aromatic heterocycles. The summed E-state index contributed by atoms with van der Waals surface area (Å²) in [5, 5.41) is 10.9. The van der Waals surface area contributed by atoms with Crippen molar-refractivity contribution in [3.05, 3.63) is 23.3 Å². The van der Waals surface area contributed by atoms with E-state index in [-0.39, 0.29) is 5.41 Å². The molecule has 2 bridgehead atoms. The Morgan fingerprint density at radius 2 is 1.67 bits per heavy atom. The van der Waals surface area contributed by atoms with Crippen LogP contribution in [0.4, 0.5) is 0 Å². The highest BCUT2D eigenvalue weighted by Gasteiger charge is 2.49. The van der Waals surface area contributed by atoms with E-state index < -0.39 is 5.60 Å². The molecular weight excluding hydrogens is 256 g/mol. The van der Waals surface area contributed by atoms with Crippen LogP contribution in [0.2, 0.25) is 0 Å². The van der Waals surface area contributed by atoms with Crippen LogP contribution in [-0.4, -0.2) is 10.7 Å². The Morgan fingerprint density at radius 1 is 1.00 bits per heavy atom. The maximum Gasteiger partial charge on any atom is 0.0653 e. The van der Waals surface area contributed by atoms with Gasteiger partial charge in [0.1, 0.15) is 0 Å². The highest BCUT2D eigenvalue weighted by molar-refractivity contribution is 5.09. The highest BCUT2D eigenvalue weighted by Crippen LogP contribution is 2.53. The molecule has 0 amide bonds. The SMILES string of the molecule is C/C1=C\C[C@@H]2CC[C@](C)(O)[C@H](CC/C(C)=C/CC1)C2(C)C. The Balaban J connectivity index is 2.30. The molecule has 2 rings (SSSR count). The van der Waals surface area contributed by atoms with Crippen LogP contribution < -0.4 is 0 Å². The average Bonchev–Trinajstić information content (AvgIpc) is 2.35. The third-order valence-corrected chi connectivity index (χ3v) is 6.31. The Labute approximate surface area is 131 Å². The molecule has 21 heavy (non-hydrogen) atoms. The third-order valence-electron chi connectivity index (χ3n) is 6.31. The molecule has 0 heterocycles. The molecule has 1 saturated carbocycles. The van der Waals surface area contributed by atoms with Crippen LogP contribution in [0.5, 0.6) is 0 Å². The predicted molar refractivity (Wildman–Crippen MR) is 91.2 cm³/mol. The van der Waals surface area contributed by atoms with Gasteiger partial charge in [-0.05, 0) is 83.0 Å². The first-order valence-electron chi connectivity index (χ1n) is 8.77. The van der Waals surface area contributed by atoms with Gasteiger partial charge in [0.2, 0.25) is 0 Å². The first-order valence-corrected chi connectivity index (χ1v) is 8.77.